The molecule has 184 valence electrons. The average molecular weight is 483 g/mol. The summed E-state index contributed by atoms with van der Waals surface area (Å²) in [4.78, 5) is 25.9. The highest BCUT2D eigenvalue weighted by molar-refractivity contribution is 6.02. The van der Waals surface area contributed by atoms with Crippen LogP contribution in [0.5, 0.6) is 5.75 Å². The van der Waals surface area contributed by atoms with Crippen LogP contribution >= 0.6 is 0 Å². The Kier molecular flexibility index (Phi) is 8.38. The van der Waals surface area contributed by atoms with Gasteiger partial charge in [-0.25, -0.2) is 4.79 Å². The van der Waals surface area contributed by atoms with Crippen LogP contribution < -0.4 is 26.0 Å². The largest absolute Gasteiger partial charge is 0.497 e. The maximum atomic E-state index is 13.0. The first-order valence-corrected chi connectivity index (χ1v) is 11.9. The molecule has 4 N–H and O–H groups in total. The van der Waals surface area contributed by atoms with E-state index in [4.69, 9.17) is 4.74 Å². The molecule has 0 bridgehead atoms. The number of fused-ring (bicyclic) bond motifs is 1. The van der Waals surface area contributed by atoms with Gasteiger partial charge in [0.05, 0.1) is 12.8 Å². The summed E-state index contributed by atoms with van der Waals surface area (Å²) in [6.07, 6.45) is 0.377. The van der Waals surface area contributed by atoms with Crippen molar-refractivity contribution in [1.29, 1.82) is 0 Å². The summed E-state index contributed by atoms with van der Waals surface area (Å²) >= 11 is 0. The van der Waals surface area contributed by atoms with E-state index in [0.29, 0.717) is 25.2 Å². The minimum atomic E-state index is -0.733. The van der Waals surface area contributed by atoms with Gasteiger partial charge in [0.2, 0.25) is 5.91 Å². The summed E-state index contributed by atoms with van der Waals surface area (Å²) in [7, 11) is 1.63. The molecule has 0 heterocycles. The highest BCUT2D eigenvalue weighted by Gasteiger charge is 2.21. The Balaban J connectivity index is 1.37. The molecule has 4 rings (SSSR count). The van der Waals surface area contributed by atoms with Gasteiger partial charge in [0.1, 0.15) is 11.8 Å². The predicted octanol–water partition coefficient (Wildman–Crippen LogP) is 4.81. The number of hydrogen-bond donors (Lipinski definition) is 4. The molecule has 4 aromatic carbocycles. The second kappa shape index (κ2) is 12.3. The van der Waals surface area contributed by atoms with Gasteiger partial charge in [-0.15, -0.1) is 0 Å². The molecule has 0 radical (unpaired) electrons. The Morgan fingerprint density at radius 3 is 2.31 bits per heavy atom. The fourth-order valence-corrected chi connectivity index (χ4v) is 3.93. The number of rotatable bonds is 10. The van der Waals surface area contributed by atoms with Gasteiger partial charge < -0.3 is 26.0 Å². The zero-order valence-corrected chi connectivity index (χ0v) is 20.2. The molecular formula is C29H30N4O3. The Bertz CT molecular complexity index is 1290. The summed E-state index contributed by atoms with van der Waals surface area (Å²) in [5.41, 5.74) is 2.58. The molecule has 36 heavy (non-hydrogen) atoms. The quantitative estimate of drug-likeness (QED) is 0.244. The highest BCUT2D eigenvalue weighted by atomic mass is 16.5. The van der Waals surface area contributed by atoms with Gasteiger partial charge >= 0.3 is 6.03 Å². The van der Waals surface area contributed by atoms with E-state index in [0.717, 1.165) is 27.8 Å². The lowest BCUT2D eigenvalue weighted by atomic mass is 10.1. The van der Waals surface area contributed by atoms with Crippen molar-refractivity contribution in [1.82, 2.24) is 10.6 Å². The minimum Gasteiger partial charge on any atom is -0.497 e. The second-order valence-corrected chi connectivity index (χ2v) is 8.31. The molecule has 7 heteroatoms. The van der Waals surface area contributed by atoms with Crippen molar-refractivity contribution in [3.8, 4) is 5.75 Å². The maximum absolute atomic E-state index is 13.0. The first-order valence-electron chi connectivity index (χ1n) is 11.9. The van der Waals surface area contributed by atoms with E-state index in [1.165, 1.54) is 0 Å². The standard InChI is InChI=1S/C29H30N4O3/c1-36-24-16-14-23(15-17-24)30-18-19-31-28(34)27(20-21-8-3-2-4-9-21)33-29(35)32-26-13-7-11-22-10-5-6-12-25(22)26/h2-17,27,30H,18-20H2,1H3,(H,31,34)(H2,32,33,35)/t27-/m0/s1. The molecule has 0 aliphatic rings. The smallest absolute Gasteiger partial charge is 0.319 e. The third kappa shape index (κ3) is 6.76. The fraction of sp³-hybridized carbons (Fsp3) is 0.172. The summed E-state index contributed by atoms with van der Waals surface area (Å²) in [5, 5.41) is 13.9. The fourth-order valence-electron chi connectivity index (χ4n) is 3.93. The van der Waals surface area contributed by atoms with E-state index in [2.05, 4.69) is 21.3 Å². The lowest BCUT2D eigenvalue weighted by Crippen LogP contribution is -2.50. The number of hydrogen-bond acceptors (Lipinski definition) is 4. The summed E-state index contributed by atoms with van der Waals surface area (Å²) in [6.45, 7) is 0.946. The molecule has 0 aliphatic heterocycles. The van der Waals surface area contributed by atoms with Gasteiger partial charge in [0.15, 0.2) is 0 Å². The molecule has 0 saturated carbocycles. The Morgan fingerprint density at radius 1 is 0.806 bits per heavy atom. The number of carbonyl (C=O) groups excluding carboxylic acids is 2. The number of benzene rings is 4. The second-order valence-electron chi connectivity index (χ2n) is 8.31. The predicted molar refractivity (Wildman–Crippen MR) is 145 cm³/mol. The molecular weight excluding hydrogens is 452 g/mol. The number of carbonyl (C=O) groups is 2. The van der Waals surface area contributed by atoms with Crippen molar-refractivity contribution in [2.45, 2.75) is 12.5 Å². The van der Waals surface area contributed by atoms with Gasteiger partial charge in [-0.1, -0.05) is 66.7 Å². The van der Waals surface area contributed by atoms with E-state index >= 15 is 0 Å². The van der Waals surface area contributed by atoms with Gasteiger partial charge in [-0.2, -0.15) is 0 Å². The van der Waals surface area contributed by atoms with Crippen molar-refractivity contribution in [3.05, 3.63) is 103 Å². The van der Waals surface area contributed by atoms with Gasteiger partial charge in [0.25, 0.3) is 0 Å². The van der Waals surface area contributed by atoms with E-state index in [9.17, 15) is 9.59 Å². The van der Waals surface area contributed by atoms with Gasteiger partial charge in [-0.05, 0) is 41.3 Å². The van der Waals surface area contributed by atoms with Crippen LogP contribution in [0.3, 0.4) is 0 Å². The number of ether oxygens (including phenoxy) is 1. The number of urea groups is 1. The van der Waals surface area contributed by atoms with Crippen LogP contribution in [0.2, 0.25) is 0 Å². The lowest BCUT2D eigenvalue weighted by molar-refractivity contribution is -0.122. The van der Waals surface area contributed by atoms with E-state index in [1.54, 1.807) is 7.11 Å². The molecule has 0 unspecified atom stereocenters. The maximum Gasteiger partial charge on any atom is 0.319 e. The van der Waals surface area contributed by atoms with Crippen molar-refractivity contribution < 1.29 is 14.3 Å². The first-order chi connectivity index (χ1) is 17.6. The SMILES string of the molecule is COc1ccc(NCCNC(=O)[C@H](Cc2ccccc2)NC(=O)Nc2cccc3ccccc23)cc1. The molecule has 0 aliphatic carbocycles. The molecule has 0 spiro atoms. The molecule has 3 amide bonds. The summed E-state index contributed by atoms with van der Waals surface area (Å²) < 4.78 is 5.17. The third-order valence-corrected chi connectivity index (χ3v) is 5.79. The zero-order valence-electron chi connectivity index (χ0n) is 20.2. The Hall–Kier alpha value is -4.52. The molecule has 7 nitrogen and oxygen atoms in total. The first kappa shape index (κ1) is 24.6. The van der Waals surface area contributed by atoms with Crippen molar-refractivity contribution in [3.63, 3.8) is 0 Å². The van der Waals surface area contributed by atoms with Crippen LogP contribution in [0, 0.1) is 0 Å². The average Bonchev–Trinajstić information content (AvgIpc) is 2.92. The van der Waals surface area contributed by atoms with E-state index < -0.39 is 12.1 Å². The van der Waals surface area contributed by atoms with Gasteiger partial charge in [-0.3, -0.25) is 4.79 Å². The minimum absolute atomic E-state index is 0.247. The highest BCUT2D eigenvalue weighted by Crippen LogP contribution is 2.22. The van der Waals surface area contributed by atoms with Crippen molar-refractivity contribution >= 4 is 34.1 Å². The Labute approximate surface area is 210 Å². The van der Waals surface area contributed by atoms with Crippen LogP contribution in [-0.4, -0.2) is 38.2 Å². The van der Waals surface area contributed by atoms with Crippen LogP contribution in [0.15, 0.2) is 97.1 Å². The normalized spacial score (nSPS) is 11.4. The van der Waals surface area contributed by atoms with Gasteiger partial charge in [0, 0.05) is 30.6 Å². The monoisotopic (exact) mass is 482 g/mol. The summed E-state index contributed by atoms with van der Waals surface area (Å²) in [6, 6.07) is 29.6. The Morgan fingerprint density at radius 2 is 1.53 bits per heavy atom. The summed E-state index contributed by atoms with van der Waals surface area (Å²) in [5.74, 6) is 0.536. The van der Waals surface area contributed by atoms with Crippen LogP contribution in [0.4, 0.5) is 16.2 Å². The topological polar surface area (TPSA) is 91.5 Å². The number of methoxy groups -OCH3 is 1. The molecule has 0 aromatic heterocycles. The zero-order chi connectivity index (χ0) is 25.2. The number of amides is 3. The molecule has 0 fully saturated rings. The van der Waals surface area contributed by atoms with E-state index in [1.807, 2.05) is 97.1 Å². The molecule has 4 aromatic rings. The van der Waals surface area contributed by atoms with Crippen LogP contribution in [-0.2, 0) is 11.2 Å². The van der Waals surface area contributed by atoms with Crippen LogP contribution in [0.25, 0.3) is 10.8 Å². The molecule has 0 saturated heterocycles. The van der Waals surface area contributed by atoms with Crippen molar-refractivity contribution in [2.24, 2.45) is 0 Å². The van der Waals surface area contributed by atoms with E-state index in [-0.39, 0.29) is 5.91 Å². The third-order valence-electron chi connectivity index (χ3n) is 5.79. The van der Waals surface area contributed by atoms with Crippen LogP contribution in [0.1, 0.15) is 5.56 Å². The number of anilines is 2. The molecule has 1 atom stereocenters. The van der Waals surface area contributed by atoms with Crippen molar-refractivity contribution in [2.75, 3.05) is 30.8 Å². The lowest BCUT2D eigenvalue weighted by Gasteiger charge is -2.20. The number of nitrogens with one attached hydrogen (secondary N) is 4.